The van der Waals surface area contributed by atoms with Crippen molar-refractivity contribution in [3.63, 3.8) is 0 Å². The Hall–Kier alpha value is -4.09. The summed E-state index contributed by atoms with van der Waals surface area (Å²) in [4.78, 5) is 26.8. The van der Waals surface area contributed by atoms with Crippen molar-refractivity contribution in [2.75, 3.05) is 11.9 Å². The molecule has 0 aliphatic heterocycles. The maximum atomic E-state index is 12.5. The molecule has 1 atom stereocenters. The summed E-state index contributed by atoms with van der Waals surface area (Å²) in [5, 5.41) is 25.9. The maximum Gasteiger partial charge on any atom is 0.371 e. The zero-order valence-corrected chi connectivity index (χ0v) is 18.1. The Morgan fingerprint density at radius 2 is 2.03 bits per heavy atom. The Bertz CT molecular complexity index is 1360. The molecule has 1 amide bonds. The molecule has 4 N–H and O–H groups in total. The molecule has 0 saturated heterocycles. The average molecular weight is 444 g/mol. The number of hydrogen-bond donors (Lipinski definition) is 4. The summed E-state index contributed by atoms with van der Waals surface area (Å²) in [6.07, 6.45) is 4.74. The van der Waals surface area contributed by atoms with Crippen LogP contribution in [0.25, 0.3) is 21.9 Å². The average Bonchev–Trinajstić information content (AvgIpc) is 3.42. The van der Waals surface area contributed by atoms with Gasteiger partial charge in [-0.25, -0.2) is 4.79 Å². The molecule has 0 aliphatic carbocycles. The van der Waals surface area contributed by atoms with Crippen LogP contribution in [0.5, 0.6) is 0 Å². The van der Waals surface area contributed by atoms with E-state index < -0.39 is 5.97 Å². The predicted molar refractivity (Wildman–Crippen MR) is 125 cm³/mol. The molecule has 1 unspecified atom stereocenters. The fourth-order valence-electron chi connectivity index (χ4n) is 3.78. The van der Waals surface area contributed by atoms with Crippen LogP contribution in [0.2, 0.25) is 0 Å². The van der Waals surface area contributed by atoms with Gasteiger partial charge in [0, 0.05) is 28.2 Å². The quantitative estimate of drug-likeness (QED) is 0.283. The molecule has 4 aromatic rings. The first-order valence-electron chi connectivity index (χ1n) is 10.8. The molecule has 0 radical (unpaired) electrons. The predicted octanol–water partition coefficient (Wildman–Crippen LogP) is 4.42. The Morgan fingerprint density at radius 3 is 2.82 bits per heavy atom. The molecule has 2 heterocycles. The van der Waals surface area contributed by atoms with Gasteiger partial charge >= 0.3 is 5.97 Å². The molecule has 168 valence electrons. The van der Waals surface area contributed by atoms with Crippen molar-refractivity contribution in [2.24, 2.45) is 0 Å². The standard InChI is InChI=1S/C25H24N4O4/c1-15(24(30)29-19-6-8-22-18(11-19)12-23(33-22)25(31)32)27-9-3-2-4-17-14-28-21-7-5-16(13-26)10-20(17)21/h5-8,10-12,14-15,27-28H,2-4,9H2,1H3,(H,29,30)(H,31,32). The summed E-state index contributed by atoms with van der Waals surface area (Å²) in [7, 11) is 0. The van der Waals surface area contributed by atoms with E-state index in [0.29, 0.717) is 28.8 Å². The van der Waals surface area contributed by atoms with Gasteiger partial charge in [0.25, 0.3) is 0 Å². The van der Waals surface area contributed by atoms with Gasteiger partial charge in [0.05, 0.1) is 17.7 Å². The molecule has 0 fully saturated rings. The van der Waals surface area contributed by atoms with Gasteiger partial charge in [-0.05, 0) is 80.8 Å². The minimum absolute atomic E-state index is 0.137. The highest BCUT2D eigenvalue weighted by molar-refractivity contribution is 5.97. The normalized spacial score (nSPS) is 12.0. The summed E-state index contributed by atoms with van der Waals surface area (Å²) < 4.78 is 5.23. The number of nitrogens with one attached hydrogen (secondary N) is 3. The third kappa shape index (κ3) is 5.05. The lowest BCUT2D eigenvalue weighted by molar-refractivity contribution is -0.117. The first-order chi connectivity index (χ1) is 15.9. The van der Waals surface area contributed by atoms with Gasteiger partial charge in [0.1, 0.15) is 5.58 Å². The number of nitrogens with zero attached hydrogens (tertiary/aromatic N) is 1. The Labute approximate surface area is 190 Å². The van der Waals surface area contributed by atoms with Crippen molar-refractivity contribution in [1.29, 1.82) is 5.26 Å². The van der Waals surface area contributed by atoms with Crippen molar-refractivity contribution < 1.29 is 19.1 Å². The van der Waals surface area contributed by atoms with Crippen molar-refractivity contribution in [1.82, 2.24) is 10.3 Å². The lowest BCUT2D eigenvalue weighted by Crippen LogP contribution is -2.38. The number of hydrogen-bond acceptors (Lipinski definition) is 5. The van der Waals surface area contributed by atoms with E-state index in [9.17, 15) is 9.59 Å². The fraction of sp³-hybridized carbons (Fsp3) is 0.240. The lowest BCUT2D eigenvalue weighted by Gasteiger charge is -2.14. The second-order valence-electron chi connectivity index (χ2n) is 7.98. The number of benzene rings is 2. The number of unbranched alkanes of at least 4 members (excludes halogenated alkanes) is 1. The van der Waals surface area contributed by atoms with Gasteiger partial charge in [-0.2, -0.15) is 5.26 Å². The van der Waals surface area contributed by atoms with Gasteiger partial charge in [0.2, 0.25) is 11.7 Å². The highest BCUT2D eigenvalue weighted by atomic mass is 16.4. The summed E-state index contributed by atoms with van der Waals surface area (Å²) >= 11 is 0. The van der Waals surface area contributed by atoms with Crippen LogP contribution < -0.4 is 10.6 Å². The van der Waals surface area contributed by atoms with Crippen LogP contribution in [0.15, 0.2) is 53.1 Å². The van der Waals surface area contributed by atoms with Crippen LogP contribution in [0.3, 0.4) is 0 Å². The number of rotatable bonds is 9. The van der Waals surface area contributed by atoms with E-state index in [1.807, 2.05) is 18.3 Å². The highest BCUT2D eigenvalue weighted by Crippen LogP contribution is 2.23. The summed E-state index contributed by atoms with van der Waals surface area (Å²) in [5.41, 5.74) is 3.90. The van der Waals surface area contributed by atoms with Crippen LogP contribution >= 0.6 is 0 Å². The molecule has 0 aliphatic rings. The van der Waals surface area contributed by atoms with Crippen LogP contribution in [-0.2, 0) is 11.2 Å². The number of H-pyrrole nitrogens is 1. The molecule has 4 rings (SSSR count). The number of furan rings is 1. The lowest BCUT2D eigenvalue weighted by atomic mass is 10.1. The first-order valence-corrected chi connectivity index (χ1v) is 10.8. The van der Waals surface area contributed by atoms with Gasteiger partial charge in [-0.3, -0.25) is 4.79 Å². The third-order valence-electron chi connectivity index (χ3n) is 5.61. The van der Waals surface area contributed by atoms with E-state index in [1.165, 1.54) is 11.6 Å². The maximum absolute atomic E-state index is 12.5. The van der Waals surface area contributed by atoms with E-state index in [0.717, 1.165) is 30.2 Å². The number of aromatic amines is 1. The minimum atomic E-state index is -1.13. The number of carboxylic acids is 1. The zero-order chi connectivity index (χ0) is 23.4. The number of aryl methyl sites for hydroxylation is 1. The topological polar surface area (TPSA) is 131 Å². The van der Waals surface area contributed by atoms with Crippen LogP contribution in [0.1, 0.15) is 41.4 Å². The van der Waals surface area contributed by atoms with Gasteiger partial charge in [-0.1, -0.05) is 0 Å². The Balaban J connectivity index is 1.24. The number of aromatic carboxylic acids is 1. The van der Waals surface area contributed by atoms with Gasteiger partial charge < -0.3 is 25.1 Å². The van der Waals surface area contributed by atoms with E-state index >= 15 is 0 Å². The SMILES string of the molecule is CC(NCCCCc1c[nH]c2ccc(C#N)cc12)C(=O)Nc1ccc2oc(C(=O)O)cc2c1. The van der Waals surface area contributed by atoms with Crippen molar-refractivity contribution >= 4 is 39.4 Å². The molecule has 8 nitrogen and oxygen atoms in total. The summed E-state index contributed by atoms with van der Waals surface area (Å²) in [6, 6.07) is 13.9. The molecule has 2 aromatic carbocycles. The Kier molecular flexibility index (Phi) is 6.43. The largest absolute Gasteiger partial charge is 0.475 e. The summed E-state index contributed by atoms with van der Waals surface area (Å²) in [6.45, 7) is 2.50. The molecule has 8 heteroatoms. The molecule has 0 spiro atoms. The van der Waals surface area contributed by atoms with Crippen molar-refractivity contribution in [2.45, 2.75) is 32.2 Å². The first kappa shape index (κ1) is 22.1. The molecule has 0 saturated carbocycles. The minimum Gasteiger partial charge on any atom is -0.475 e. The van der Waals surface area contributed by atoms with Gasteiger partial charge in [-0.15, -0.1) is 0 Å². The van der Waals surface area contributed by atoms with Crippen LogP contribution in [0, 0.1) is 11.3 Å². The molecule has 2 aromatic heterocycles. The van der Waals surface area contributed by atoms with E-state index in [4.69, 9.17) is 14.8 Å². The van der Waals surface area contributed by atoms with E-state index in [1.54, 1.807) is 31.2 Å². The summed E-state index contributed by atoms with van der Waals surface area (Å²) in [5.74, 6) is -1.44. The van der Waals surface area contributed by atoms with Crippen molar-refractivity contribution in [3.05, 3.63) is 65.5 Å². The molecule has 33 heavy (non-hydrogen) atoms. The van der Waals surface area contributed by atoms with Crippen molar-refractivity contribution in [3.8, 4) is 6.07 Å². The van der Waals surface area contributed by atoms with E-state index in [-0.39, 0.29) is 17.7 Å². The third-order valence-corrected chi connectivity index (χ3v) is 5.61. The monoisotopic (exact) mass is 444 g/mol. The number of carboxylic acid groups (broad SMARTS) is 1. The Morgan fingerprint density at radius 1 is 1.18 bits per heavy atom. The second-order valence-corrected chi connectivity index (χ2v) is 7.98. The number of amides is 1. The molecule has 0 bridgehead atoms. The number of carbonyl (C=O) groups is 2. The number of carbonyl (C=O) groups excluding carboxylic acids is 1. The molecular weight excluding hydrogens is 420 g/mol. The molecular formula is C25H24N4O4. The number of anilines is 1. The van der Waals surface area contributed by atoms with Gasteiger partial charge in [0.15, 0.2) is 0 Å². The van der Waals surface area contributed by atoms with E-state index in [2.05, 4.69) is 21.7 Å². The number of fused-ring (bicyclic) bond motifs is 2. The fourth-order valence-corrected chi connectivity index (χ4v) is 3.78. The van der Waals surface area contributed by atoms with Crippen LogP contribution in [-0.4, -0.2) is 34.6 Å². The second kappa shape index (κ2) is 9.59. The smallest absolute Gasteiger partial charge is 0.371 e. The zero-order valence-electron chi connectivity index (χ0n) is 18.1. The highest BCUT2D eigenvalue weighted by Gasteiger charge is 2.14. The number of aromatic nitrogens is 1. The van der Waals surface area contributed by atoms with Crippen LogP contribution in [0.4, 0.5) is 5.69 Å². The number of nitriles is 1.